The Kier molecular flexibility index (Phi) is 4.10. The Balaban J connectivity index is 2.37. The smallest absolute Gasteiger partial charge is 0.336 e. The first-order valence-electron chi connectivity index (χ1n) is 5.31. The molecule has 3 nitrogen and oxygen atoms in total. The Morgan fingerprint density at radius 2 is 1.95 bits per heavy atom. The molecule has 2 aromatic carbocycles. The number of aromatic carboxylic acids is 1. The van der Waals surface area contributed by atoms with E-state index in [0.29, 0.717) is 15.5 Å². The highest BCUT2D eigenvalue weighted by molar-refractivity contribution is 7.99. The zero-order chi connectivity index (χ0) is 13.8. The molecule has 0 spiro atoms. The number of carboxylic acids is 1. The van der Waals surface area contributed by atoms with Crippen LogP contribution in [-0.4, -0.2) is 11.1 Å². The standard InChI is InChI=1S/C14H8ClNO2S/c15-11-7-9(8-16)5-6-13(11)19-12-4-2-1-3-10(12)14(17)18/h1-7H,(H,17,18). The molecule has 2 aromatic rings. The van der Waals surface area contributed by atoms with Crippen molar-refractivity contribution in [1.29, 1.82) is 5.26 Å². The van der Waals surface area contributed by atoms with Gasteiger partial charge in [0, 0.05) is 9.79 Å². The molecule has 0 saturated carbocycles. The van der Waals surface area contributed by atoms with Crippen LogP contribution in [0.5, 0.6) is 0 Å². The molecule has 0 heterocycles. The van der Waals surface area contributed by atoms with E-state index >= 15 is 0 Å². The number of carbonyl (C=O) groups is 1. The van der Waals surface area contributed by atoms with Crippen LogP contribution in [0.3, 0.4) is 0 Å². The average Bonchev–Trinajstić information content (AvgIpc) is 2.41. The third-order valence-electron chi connectivity index (χ3n) is 2.40. The summed E-state index contributed by atoms with van der Waals surface area (Å²) in [5.74, 6) is -0.979. The Hall–Kier alpha value is -1.96. The van der Waals surface area contributed by atoms with Gasteiger partial charge in [0.05, 0.1) is 22.2 Å². The number of rotatable bonds is 3. The van der Waals surface area contributed by atoms with Gasteiger partial charge in [-0.25, -0.2) is 4.79 Å². The lowest BCUT2D eigenvalue weighted by atomic mass is 10.2. The molecule has 1 N–H and O–H groups in total. The molecule has 2 rings (SSSR count). The SMILES string of the molecule is N#Cc1ccc(Sc2ccccc2C(=O)O)c(Cl)c1. The van der Waals surface area contributed by atoms with Crippen molar-refractivity contribution in [2.75, 3.05) is 0 Å². The molecule has 0 saturated heterocycles. The predicted octanol–water partition coefficient (Wildman–Crippen LogP) is 4.06. The fourth-order valence-corrected chi connectivity index (χ4v) is 2.74. The van der Waals surface area contributed by atoms with Gasteiger partial charge in [-0.15, -0.1) is 0 Å². The maximum Gasteiger partial charge on any atom is 0.336 e. The van der Waals surface area contributed by atoms with Gasteiger partial charge in [0.25, 0.3) is 0 Å². The van der Waals surface area contributed by atoms with Crippen LogP contribution in [0, 0.1) is 11.3 Å². The zero-order valence-corrected chi connectivity index (χ0v) is 11.2. The first kappa shape index (κ1) is 13.5. The Morgan fingerprint density at radius 1 is 1.21 bits per heavy atom. The topological polar surface area (TPSA) is 61.1 Å². The van der Waals surface area contributed by atoms with E-state index < -0.39 is 5.97 Å². The summed E-state index contributed by atoms with van der Waals surface area (Å²) < 4.78 is 0. The minimum atomic E-state index is -0.979. The lowest BCUT2D eigenvalue weighted by molar-refractivity contribution is 0.0693. The maximum atomic E-state index is 11.1. The first-order chi connectivity index (χ1) is 9.11. The second-order valence-electron chi connectivity index (χ2n) is 3.66. The number of hydrogen-bond acceptors (Lipinski definition) is 3. The predicted molar refractivity (Wildman–Crippen MR) is 73.7 cm³/mol. The summed E-state index contributed by atoms with van der Waals surface area (Å²) >= 11 is 7.34. The van der Waals surface area contributed by atoms with Crippen LogP contribution >= 0.6 is 23.4 Å². The van der Waals surface area contributed by atoms with Crippen molar-refractivity contribution < 1.29 is 9.90 Å². The van der Waals surface area contributed by atoms with Gasteiger partial charge in [0.2, 0.25) is 0 Å². The van der Waals surface area contributed by atoms with Gasteiger partial charge in [-0.1, -0.05) is 35.5 Å². The first-order valence-corrected chi connectivity index (χ1v) is 6.51. The largest absolute Gasteiger partial charge is 0.478 e. The van der Waals surface area contributed by atoms with Crippen LogP contribution in [0.25, 0.3) is 0 Å². The Labute approximate surface area is 119 Å². The summed E-state index contributed by atoms with van der Waals surface area (Å²) in [6.07, 6.45) is 0. The van der Waals surface area contributed by atoms with Crippen LogP contribution < -0.4 is 0 Å². The fourth-order valence-electron chi connectivity index (χ4n) is 1.50. The second kappa shape index (κ2) is 5.79. The van der Waals surface area contributed by atoms with Crippen LogP contribution in [-0.2, 0) is 0 Å². The Morgan fingerprint density at radius 3 is 2.58 bits per heavy atom. The lowest BCUT2D eigenvalue weighted by Gasteiger charge is -2.07. The normalized spacial score (nSPS) is 9.89. The molecule has 94 valence electrons. The second-order valence-corrected chi connectivity index (χ2v) is 5.15. The molecule has 0 aliphatic rings. The van der Waals surface area contributed by atoms with Crippen molar-refractivity contribution in [2.45, 2.75) is 9.79 Å². The van der Waals surface area contributed by atoms with Gasteiger partial charge in [0.1, 0.15) is 0 Å². The van der Waals surface area contributed by atoms with Crippen LogP contribution in [0.15, 0.2) is 52.3 Å². The molecule has 0 bridgehead atoms. The van der Waals surface area contributed by atoms with E-state index in [4.69, 9.17) is 22.0 Å². The van der Waals surface area contributed by atoms with Gasteiger partial charge in [-0.3, -0.25) is 0 Å². The van der Waals surface area contributed by atoms with E-state index in [-0.39, 0.29) is 5.56 Å². The van der Waals surface area contributed by atoms with Crippen molar-refractivity contribution in [3.05, 3.63) is 58.6 Å². The number of halogens is 1. The van der Waals surface area contributed by atoms with Gasteiger partial charge < -0.3 is 5.11 Å². The molecular weight excluding hydrogens is 282 g/mol. The molecule has 0 amide bonds. The van der Waals surface area contributed by atoms with Gasteiger partial charge in [-0.2, -0.15) is 5.26 Å². The highest BCUT2D eigenvalue weighted by atomic mass is 35.5. The molecule has 0 unspecified atom stereocenters. The number of nitrogens with zero attached hydrogens (tertiary/aromatic N) is 1. The van der Waals surface area contributed by atoms with Gasteiger partial charge in [-0.05, 0) is 30.3 Å². The number of nitriles is 1. The number of benzene rings is 2. The molecule has 5 heteroatoms. The van der Waals surface area contributed by atoms with Crippen molar-refractivity contribution in [3.8, 4) is 6.07 Å². The van der Waals surface area contributed by atoms with Crippen molar-refractivity contribution >= 4 is 29.3 Å². The summed E-state index contributed by atoms with van der Waals surface area (Å²) in [5.41, 5.74) is 0.703. The lowest BCUT2D eigenvalue weighted by Crippen LogP contribution is -1.98. The van der Waals surface area contributed by atoms with Crippen molar-refractivity contribution in [3.63, 3.8) is 0 Å². The summed E-state index contributed by atoms with van der Waals surface area (Å²) in [6.45, 7) is 0. The number of carboxylic acid groups (broad SMARTS) is 1. The van der Waals surface area contributed by atoms with E-state index in [2.05, 4.69) is 0 Å². The quantitative estimate of drug-likeness (QED) is 0.925. The molecule has 0 atom stereocenters. The van der Waals surface area contributed by atoms with Gasteiger partial charge >= 0.3 is 5.97 Å². The molecule has 0 aliphatic heterocycles. The van der Waals surface area contributed by atoms with E-state index in [1.54, 1.807) is 42.5 Å². The summed E-state index contributed by atoms with van der Waals surface area (Å²) in [7, 11) is 0. The molecule has 0 radical (unpaired) electrons. The summed E-state index contributed by atoms with van der Waals surface area (Å²) in [5, 5.41) is 18.3. The Bertz CT molecular complexity index is 679. The van der Waals surface area contributed by atoms with Crippen LogP contribution in [0.4, 0.5) is 0 Å². The van der Waals surface area contributed by atoms with Crippen LogP contribution in [0.2, 0.25) is 5.02 Å². The maximum absolute atomic E-state index is 11.1. The average molecular weight is 290 g/mol. The monoisotopic (exact) mass is 289 g/mol. The molecule has 0 aromatic heterocycles. The van der Waals surface area contributed by atoms with E-state index in [9.17, 15) is 4.79 Å². The molecule has 0 fully saturated rings. The summed E-state index contributed by atoms with van der Waals surface area (Å²) in [6, 6.07) is 13.6. The summed E-state index contributed by atoms with van der Waals surface area (Å²) in [4.78, 5) is 12.4. The van der Waals surface area contributed by atoms with Crippen molar-refractivity contribution in [2.24, 2.45) is 0 Å². The molecular formula is C14H8ClNO2S. The van der Waals surface area contributed by atoms with E-state index in [0.717, 1.165) is 4.90 Å². The molecule has 19 heavy (non-hydrogen) atoms. The third-order valence-corrected chi connectivity index (χ3v) is 3.97. The number of hydrogen-bond donors (Lipinski definition) is 1. The minimum Gasteiger partial charge on any atom is -0.478 e. The van der Waals surface area contributed by atoms with E-state index in [1.807, 2.05) is 6.07 Å². The minimum absolute atomic E-state index is 0.230. The highest BCUT2D eigenvalue weighted by Gasteiger charge is 2.12. The highest BCUT2D eigenvalue weighted by Crippen LogP contribution is 2.35. The molecule has 0 aliphatic carbocycles. The van der Waals surface area contributed by atoms with Crippen molar-refractivity contribution in [1.82, 2.24) is 0 Å². The van der Waals surface area contributed by atoms with Gasteiger partial charge in [0.15, 0.2) is 0 Å². The zero-order valence-electron chi connectivity index (χ0n) is 9.63. The van der Waals surface area contributed by atoms with Crippen LogP contribution in [0.1, 0.15) is 15.9 Å². The third kappa shape index (κ3) is 3.08. The fraction of sp³-hybridized carbons (Fsp3) is 0. The van der Waals surface area contributed by atoms with E-state index in [1.165, 1.54) is 11.8 Å².